The molecule has 25 heavy (non-hydrogen) atoms. The van der Waals surface area contributed by atoms with Gasteiger partial charge in [0.15, 0.2) is 11.9 Å². The molecule has 2 aromatic rings. The van der Waals surface area contributed by atoms with Crippen LogP contribution in [0.5, 0.6) is 5.75 Å². The Kier molecular flexibility index (Phi) is 5.18. The molecule has 0 aliphatic carbocycles. The molecule has 9 nitrogen and oxygen atoms in total. The average molecular weight is 345 g/mol. The minimum absolute atomic E-state index is 0.0115. The van der Waals surface area contributed by atoms with Gasteiger partial charge in [-0.2, -0.15) is 0 Å². The molecule has 2 aromatic carbocycles. The van der Waals surface area contributed by atoms with Gasteiger partial charge in [0.05, 0.1) is 10.6 Å². The molecular formula is C16H15N3O6. The fraction of sp³-hybridized carbons (Fsp3) is 0.125. The Morgan fingerprint density at radius 2 is 1.88 bits per heavy atom. The SMILES string of the molecule is CC(OC(=O)c1cccc(N)c1O)C(=O)Nc1ccc([N+](=O)[O-])cc1. The van der Waals surface area contributed by atoms with Crippen LogP contribution >= 0.6 is 0 Å². The fourth-order valence-corrected chi connectivity index (χ4v) is 1.91. The van der Waals surface area contributed by atoms with Crippen LogP contribution in [-0.2, 0) is 9.53 Å². The maximum atomic E-state index is 12.0. The highest BCUT2D eigenvalue weighted by Gasteiger charge is 2.22. The van der Waals surface area contributed by atoms with Crippen molar-refractivity contribution in [1.29, 1.82) is 0 Å². The molecule has 0 spiro atoms. The Morgan fingerprint density at radius 1 is 1.24 bits per heavy atom. The summed E-state index contributed by atoms with van der Waals surface area (Å²) in [5.41, 5.74) is 5.55. The van der Waals surface area contributed by atoms with E-state index < -0.39 is 28.7 Å². The predicted molar refractivity (Wildman–Crippen MR) is 89.1 cm³/mol. The Balaban J connectivity index is 2.01. The quantitative estimate of drug-likeness (QED) is 0.247. The van der Waals surface area contributed by atoms with Crippen molar-refractivity contribution >= 4 is 28.9 Å². The van der Waals surface area contributed by atoms with Gasteiger partial charge in [0.25, 0.3) is 11.6 Å². The van der Waals surface area contributed by atoms with Crippen LogP contribution in [0.4, 0.5) is 17.1 Å². The van der Waals surface area contributed by atoms with Crippen LogP contribution in [0.3, 0.4) is 0 Å². The number of ether oxygens (including phenoxy) is 1. The molecule has 1 atom stereocenters. The summed E-state index contributed by atoms with van der Waals surface area (Å²) in [6, 6.07) is 9.37. The molecule has 0 radical (unpaired) electrons. The minimum atomic E-state index is -1.16. The number of rotatable bonds is 5. The van der Waals surface area contributed by atoms with E-state index in [-0.39, 0.29) is 16.9 Å². The number of nitrogen functional groups attached to an aromatic ring is 1. The first-order valence-electron chi connectivity index (χ1n) is 7.13. The van der Waals surface area contributed by atoms with Gasteiger partial charge >= 0.3 is 5.97 Å². The topological polar surface area (TPSA) is 145 Å². The molecular weight excluding hydrogens is 330 g/mol. The lowest BCUT2D eigenvalue weighted by atomic mass is 10.2. The van der Waals surface area contributed by atoms with Gasteiger partial charge in [0, 0.05) is 17.8 Å². The van der Waals surface area contributed by atoms with Crippen molar-refractivity contribution in [3.8, 4) is 5.75 Å². The van der Waals surface area contributed by atoms with Crippen LogP contribution in [-0.4, -0.2) is 28.0 Å². The molecule has 0 saturated carbocycles. The summed E-state index contributed by atoms with van der Waals surface area (Å²) in [6.45, 7) is 1.35. The van der Waals surface area contributed by atoms with Crippen molar-refractivity contribution in [2.24, 2.45) is 0 Å². The van der Waals surface area contributed by atoms with E-state index in [0.717, 1.165) is 0 Å². The second-order valence-corrected chi connectivity index (χ2v) is 5.08. The zero-order chi connectivity index (χ0) is 18.6. The summed E-state index contributed by atoms with van der Waals surface area (Å²) >= 11 is 0. The van der Waals surface area contributed by atoms with Crippen LogP contribution in [0.1, 0.15) is 17.3 Å². The van der Waals surface area contributed by atoms with Crippen molar-refractivity contribution in [2.75, 3.05) is 11.1 Å². The Hall–Kier alpha value is -3.62. The summed E-state index contributed by atoms with van der Waals surface area (Å²) in [7, 11) is 0. The summed E-state index contributed by atoms with van der Waals surface area (Å²) in [6.07, 6.45) is -1.16. The molecule has 0 fully saturated rings. The Labute approximate surface area is 142 Å². The first kappa shape index (κ1) is 17.7. The lowest BCUT2D eigenvalue weighted by Gasteiger charge is -2.14. The van der Waals surface area contributed by atoms with E-state index in [1.807, 2.05) is 0 Å². The second-order valence-electron chi connectivity index (χ2n) is 5.08. The summed E-state index contributed by atoms with van der Waals surface area (Å²) in [5.74, 6) is -1.96. The van der Waals surface area contributed by atoms with E-state index in [9.17, 15) is 24.8 Å². The minimum Gasteiger partial charge on any atom is -0.505 e. The Bertz CT molecular complexity index is 819. The number of nitro benzene ring substituents is 1. The molecule has 1 amide bonds. The van der Waals surface area contributed by atoms with E-state index in [0.29, 0.717) is 5.69 Å². The first-order valence-corrected chi connectivity index (χ1v) is 7.13. The molecule has 0 aliphatic rings. The number of esters is 1. The second kappa shape index (κ2) is 7.30. The number of hydrogen-bond acceptors (Lipinski definition) is 7. The smallest absolute Gasteiger partial charge is 0.342 e. The largest absolute Gasteiger partial charge is 0.505 e. The van der Waals surface area contributed by atoms with Crippen molar-refractivity contribution in [3.63, 3.8) is 0 Å². The van der Waals surface area contributed by atoms with Crippen molar-refractivity contribution < 1.29 is 24.4 Å². The van der Waals surface area contributed by atoms with E-state index in [1.54, 1.807) is 0 Å². The molecule has 0 aliphatic heterocycles. The molecule has 1 unspecified atom stereocenters. The van der Waals surface area contributed by atoms with Crippen molar-refractivity contribution in [2.45, 2.75) is 13.0 Å². The van der Waals surface area contributed by atoms with Gasteiger partial charge in [-0.05, 0) is 31.2 Å². The maximum Gasteiger partial charge on any atom is 0.342 e. The highest BCUT2D eigenvalue weighted by atomic mass is 16.6. The number of para-hydroxylation sites is 1. The summed E-state index contributed by atoms with van der Waals surface area (Å²) < 4.78 is 4.99. The maximum absolute atomic E-state index is 12.0. The van der Waals surface area contributed by atoms with Crippen LogP contribution in [0.25, 0.3) is 0 Å². The molecule has 130 valence electrons. The number of non-ortho nitro benzene ring substituents is 1. The van der Waals surface area contributed by atoms with E-state index in [1.165, 1.54) is 49.4 Å². The van der Waals surface area contributed by atoms with Gasteiger partial charge < -0.3 is 20.9 Å². The van der Waals surface area contributed by atoms with Gasteiger partial charge in [-0.1, -0.05) is 6.07 Å². The van der Waals surface area contributed by atoms with E-state index in [4.69, 9.17) is 10.5 Å². The summed E-state index contributed by atoms with van der Waals surface area (Å²) in [5, 5.41) is 22.8. The predicted octanol–water partition coefficient (Wildman–Crippen LogP) is 2.07. The first-order chi connectivity index (χ1) is 11.8. The number of phenols is 1. The highest BCUT2D eigenvalue weighted by molar-refractivity contribution is 5.99. The molecule has 4 N–H and O–H groups in total. The number of nitrogens with zero attached hydrogens (tertiary/aromatic N) is 1. The number of aromatic hydroxyl groups is 1. The van der Waals surface area contributed by atoms with Crippen molar-refractivity contribution in [3.05, 3.63) is 58.1 Å². The third kappa shape index (κ3) is 4.22. The van der Waals surface area contributed by atoms with Crippen LogP contribution < -0.4 is 11.1 Å². The number of benzene rings is 2. The monoisotopic (exact) mass is 345 g/mol. The zero-order valence-corrected chi connectivity index (χ0v) is 13.1. The third-order valence-electron chi connectivity index (χ3n) is 3.29. The lowest BCUT2D eigenvalue weighted by Crippen LogP contribution is -2.30. The molecule has 0 heterocycles. The van der Waals surface area contributed by atoms with E-state index in [2.05, 4.69) is 5.32 Å². The number of phenolic OH excluding ortho intramolecular Hbond substituents is 1. The number of carbonyl (C=O) groups excluding carboxylic acids is 2. The van der Waals surface area contributed by atoms with Gasteiger partial charge in [-0.25, -0.2) is 4.79 Å². The molecule has 2 rings (SSSR count). The van der Waals surface area contributed by atoms with E-state index >= 15 is 0 Å². The third-order valence-corrected chi connectivity index (χ3v) is 3.29. The van der Waals surface area contributed by atoms with Crippen LogP contribution in [0, 0.1) is 10.1 Å². The fourth-order valence-electron chi connectivity index (χ4n) is 1.91. The molecule has 9 heteroatoms. The lowest BCUT2D eigenvalue weighted by molar-refractivity contribution is -0.384. The Morgan fingerprint density at radius 3 is 2.48 bits per heavy atom. The molecule has 0 saturated heterocycles. The number of nitrogens with two attached hydrogens (primary N) is 1. The van der Waals surface area contributed by atoms with Crippen molar-refractivity contribution in [1.82, 2.24) is 0 Å². The van der Waals surface area contributed by atoms with Gasteiger partial charge in [-0.3, -0.25) is 14.9 Å². The number of amides is 1. The van der Waals surface area contributed by atoms with Gasteiger partial charge in [0.2, 0.25) is 0 Å². The molecule has 0 aromatic heterocycles. The average Bonchev–Trinajstić information content (AvgIpc) is 2.57. The number of nitrogens with one attached hydrogen (secondary N) is 1. The van der Waals surface area contributed by atoms with Crippen LogP contribution in [0.2, 0.25) is 0 Å². The van der Waals surface area contributed by atoms with Crippen LogP contribution in [0.15, 0.2) is 42.5 Å². The zero-order valence-electron chi connectivity index (χ0n) is 13.1. The summed E-state index contributed by atoms with van der Waals surface area (Å²) in [4.78, 5) is 34.1. The number of carbonyl (C=O) groups is 2. The van der Waals surface area contributed by atoms with Gasteiger partial charge in [-0.15, -0.1) is 0 Å². The number of anilines is 2. The number of hydrogen-bond donors (Lipinski definition) is 3. The number of nitro groups is 1. The molecule has 0 bridgehead atoms. The normalized spacial score (nSPS) is 11.4. The standard InChI is InChI=1S/C16H15N3O6/c1-9(25-16(22)12-3-2-4-13(17)14(12)20)15(21)18-10-5-7-11(8-6-10)19(23)24/h2-9,20H,17H2,1H3,(H,18,21). The highest BCUT2D eigenvalue weighted by Crippen LogP contribution is 2.25. The van der Waals surface area contributed by atoms with Gasteiger partial charge in [0.1, 0.15) is 5.56 Å².